The quantitative estimate of drug-likeness (QED) is 0.698. The summed E-state index contributed by atoms with van der Waals surface area (Å²) >= 11 is 0. The molecule has 0 amide bonds. The fraction of sp³-hybridized carbons (Fsp3) is 0.263. The summed E-state index contributed by atoms with van der Waals surface area (Å²) in [6.45, 7) is 1.13. The predicted molar refractivity (Wildman–Crippen MR) is 102 cm³/mol. The molecule has 0 saturated heterocycles. The highest BCUT2D eigenvalue weighted by atomic mass is 16.5. The third-order valence-corrected chi connectivity index (χ3v) is 4.00. The summed E-state index contributed by atoms with van der Waals surface area (Å²) < 4.78 is 16.4. The Morgan fingerprint density at radius 3 is 2.38 bits per heavy atom. The summed E-state index contributed by atoms with van der Waals surface area (Å²) in [7, 11) is 5.06. The topological polar surface area (TPSA) is 82.7 Å². The average molecular weight is 354 g/mol. The van der Waals surface area contributed by atoms with Crippen molar-refractivity contribution in [1.82, 2.24) is 9.97 Å². The molecule has 0 atom stereocenters. The lowest BCUT2D eigenvalue weighted by Crippen LogP contribution is -2.26. The van der Waals surface area contributed by atoms with Crippen LogP contribution in [0.4, 0.5) is 11.8 Å². The lowest BCUT2D eigenvalue weighted by atomic mass is 10.2. The highest BCUT2D eigenvalue weighted by Crippen LogP contribution is 2.33. The third kappa shape index (κ3) is 3.72. The second-order valence-corrected chi connectivity index (χ2v) is 5.72. The van der Waals surface area contributed by atoms with Crippen LogP contribution in [0, 0.1) is 0 Å². The van der Waals surface area contributed by atoms with Crippen LogP contribution in [-0.2, 0) is 0 Å². The van der Waals surface area contributed by atoms with Crippen molar-refractivity contribution < 1.29 is 14.2 Å². The molecule has 0 unspecified atom stereocenters. The van der Waals surface area contributed by atoms with Gasteiger partial charge in [-0.2, -0.15) is 4.98 Å². The van der Waals surface area contributed by atoms with Gasteiger partial charge in [-0.25, -0.2) is 4.98 Å². The van der Waals surface area contributed by atoms with Crippen LogP contribution >= 0.6 is 0 Å². The molecule has 2 N–H and O–H groups in total. The number of ether oxygens (including phenoxy) is 3. The lowest BCUT2D eigenvalue weighted by Gasteiger charge is -2.19. The molecule has 7 heteroatoms. The highest BCUT2D eigenvalue weighted by molar-refractivity contribution is 5.91. The van der Waals surface area contributed by atoms with Crippen LogP contribution in [0.5, 0.6) is 17.2 Å². The second-order valence-electron chi connectivity index (χ2n) is 5.72. The van der Waals surface area contributed by atoms with Gasteiger partial charge in [0.15, 0.2) is 11.5 Å². The first kappa shape index (κ1) is 17.6. The van der Waals surface area contributed by atoms with Crippen LogP contribution in [-0.4, -0.2) is 44.4 Å². The fourth-order valence-corrected chi connectivity index (χ4v) is 2.55. The van der Waals surface area contributed by atoms with Gasteiger partial charge >= 0.3 is 0 Å². The van der Waals surface area contributed by atoms with Gasteiger partial charge < -0.3 is 24.8 Å². The molecular formula is C19H22N4O3. The molecule has 26 heavy (non-hydrogen) atoms. The molecular weight excluding hydrogens is 332 g/mol. The monoisotopic (exact) mass is 354 g/mol. The van der Waals surface area contributed by atoms with Crippen molar-refractivity contribution in [3.05, 3.63) is 42.5 Å². The Bertz CT molecular complexity index is 887. The maximum Gasteiger partial charge on any atom is 0.227 e. The Balaban J connectivity index is 1.78. The van der Waals surface area contributed by atoms with E-state index in [1.807, 2.05) is 42.3 Å². The number of para-hydroxylation sites is 1. The van der Waals surface area contributed by atoms with Crippen molar-refractivity contribution >= 4 is 22.7 Å². The zero-order chi connectivity index (χ0) is 18.5. The van der Waals surface area contributed by atoms with E-state index in [2.05, 4.69) is 9.97 Å². The van der Waals surface area contributed by atoms with E-state index in [0.29, 0.717) is 41.9 Å². The van der Waals surface area contributed by atoms with Gasteiger partial charge in [0.1, 0.15) is 18.2 Å². The largest absolute Gasteiger partial charge is 0.493 e. The summed E-state index contributed by atoms with van der Waals surface area (Å²) in [6.07, 6.45) is 0. The zero-order valence-electron chi connectivity index (χ0n) is 15.1. The average Bonchev–Trinajstić information content (AvgIpc) is 2.67. The number of rotatable bonds is 7. The van der Waals surface area contributed by atoms with E-state index < -0.39 is 0 Å². The third-order valence-electron chi connectivity index (χ3n) is 4.00. The number of hydrogen-bond donors (Lipinski definition) is 1. The smallest absolute Gasteiger partial charge is 0.227 e. The first-order valence-electron chi connectivity index (χ1n) is 8.20. The number of hydrogen-bond acceptors (Lipinski definition) is 7. The van der Waals surface area contributed by atoms with Crippen LogP contribution in [0.15, 0.2) is 42.5 Å². The molecule has 0 aliphatic rings. The van der Waals surface area contributed by atoms with E-state index in [4.69, 9.17) is 19.9 Å². The molecule has 3 rings (SSSR count). The van der Waals surface area contributed by atoms with Crippen molar-refractivity contribution in [2.45, 2.75) is 0 Å². The molecule has 3 aromatic rings. The molecule has 136 valence electrons. The van der Waals surface area contributed by atoms with E-state index in [0.717, 1.165) is 11.1 Å². The van der Waals surface area contributed by atoms with Gasteiger partial charge in [0.25, 0.3) is 0 Å². The van der Waals surface area contributed by atoms with E-state index >= 15 is 0 Å². The maximum atomic E-state index is 6.12. The minimum atomic E-state index is 0.391. The number of benzene rings is 2. The second kappa shape index (κ2) is 7.77. The normalized spacial score (nSPS) is 10.6. The number of methoxy groups -OCH3 is 2. The first-order valence-corrected chi connectivity index (χ1v) is 8.20. The number of likely N-dealkylation sites (N-methyl/N-ethyl adjacent to an activating group) is 1. The minimum Gasteiger partial charge on any atom is -0.493 e. The van der Waals surface area contributed by atoms with Crippen LogP contribution in [0.1, 0.15) is 0 Å². The predicted octanol–water partition coefficient (Wildman–Crippen LogP) is 2.74. The maximum absolute atomic E-state index is 6.12. The van der Waals surface area contributed by atoms with Gasteiger partial charge in [0, 0.05) is 18.5 Å². The van der Waals surface area contributed by atoms with Gasteiger partial charge in [-0.05, 0) is 18.2 Å². The number of nitrogens with two attached hydrogens (primary N) is 1. The summed E-state index contributed by atoms with van der Waals surface area (Å²) in [4.78, 5) is 10.9. The Kier molecular flexibility index (Phi) is 5.26. The summed E-state index contributed by atoms with van der Waals surface area (Å²) in [6, 6.07) is 13.2. The van der Waals surface area contributed by atoms with Gasteiger partial charge in [-0.1, -0.05) is 18.2 Å². The number of fused-ring (bicyclic) bond motifs is 1. The van der Waals surface area contributed by atoms with E-state index in [1.54, 1.807) is 26.4 Å². The van der Waals surface area contributed by atoms with Crippen LogP contribution < -0.4 is 24.8 Å². The van der Waals surface area contributed by atoms with Crippen molar-refractivity contribution in [3.8, 4) is 17.2 Å². The Labute approximate surface area is 152 Å². The number of aromatic nitrogens is 2. The van der Waals surface area contributed by atoms with Crippen molar-refractivity contribution in [2.75, 3.05) is 45.1 Å². The summed E-state index contributed by atoms with van der Waals surface area (Å²) in [5.41, 5.74) is 6.82. The molecule has 0 spiro atoms. The number of nitrogens with zero attached hydrogens (tertiary/aromatic N) is 3. The van der Waals surface area contributed by atoms with E-state index in [-0.39, 0.29) is 0 Å². The molecule has 0 fully saturated rings. The Morgan fingerprint density at radius 1 is 1.00 bits per heavy atom. The number of nitrogen functional groups attached to an aromatic ring is 1. The number of anilines is 2. The standard InChI is InChI=1S/C19H22N4O3/c1-23(9-10-26-13-7-5-4-6-8-13)19-21-15-12-17(25-3)16(24-2)11-14(15)18(20)22-19/h4-8,11-12H,9-10H2,1-3H3,(H2,20,21,22). The molecule has 0 saturated carbocycles. The van der Waals surface area contributed by atoms with Crippen molar-refractivity contribution in [3.63, 3.8) is 0 Å². The SMILES string of the molecule is COc1cc2nc(N(C)CCOc3ccccc3)nc(N)c2cc1OC. The highest BCUT2D eigenvalue weighted by Gasteiger charge is 2.13. The molecule has 0 aliphatic carbocycles. The van der Waals surface area contributed by atoms with Gasteiger partial charge in [-0.3, -0.25) is 0 Å². The van der Waals surface area contributed by atoms with Crippen LogP contribution in [0.2, 0.25) is 0 Å². The Morgan fingerprint density at radius 2 is 1.69 bits per heavy atom. The molecule has 2 aromatic carbocycles. The van der Waals surface area contributed by atoms with Crippen molar-refractivity contribution in [2.24, 2.45) is 0 Å². The summed E-state index contributed by atoms with van der Waals surface area (Å²) in [5, 5.41) is 0.723. The molecule has 0 bridgehead atoms. The van der Waals surface area contributed by atoms with Crippen LogP contribution in [0.3, 0.4) is 0 Å². The molecule has 1 heterocycles. The fourth-order valence-electron chi connectivity index (χ4n) is 2.55. The molecule has 0 radical (unpaired) electrons. The van der Waals surface area contributed by atoms with Gasteiger partial charge in [0.05, 0.1) is 26.3 Å². The first-order chi connectivity index (χ1) is 12.6. The lowest BCUT2D eigenvalue weighted by molar-refractivity contribution is 0.325. The molecule has 0 aliphatic heterocycles. The summed E-state index contributed by atoms with van der Waals surface area (Å²) in [5.74, 6) is 2.93. The van der Waals surface area contributed by atoms with E-state index in [1.165, 1.54) is 0 Å². The van der Waals surface area contributed by atoms with Crippen molar-refractivity contribution in [1.29, 1.82) is 0 Å². The van der Waals surface area contributed by atoms with Crippen LogP contribution in [0.25, 0.3) is 10.9 Å². The molecule has 7 nitrogen and oxygen atoms in total. The van der Waals surface area contributed by atoms with Gasteiger partial charge in [0.2, 0.25) is 5.95 Å². The zero-order valence-corrected chi connectivity index (χ0v) is 15.1. The van der Waals surface area contributed by atoms with Gasteiger partial charge in [-0.15, -0.1) is 0 Å². The minimum absolute atomic E-state index is 0.391. The molecule has 1 aromatic heterocycles. The Hall–Kier alpha value is -3.22. The van der Waals surface area contributed by atoms with E-state index in [9.17, 15) is 0 Å².